The van der Waals surface area contributed by atoms with E-state index in [1.54, 1.807) is 0 Å². The second kappa shape index (κ2) is 7.75. The van der Waals surface area contributed by atoms with E-state index in [1.807, 2.05) is 12.1 Å². The lowest BCUT2D eigenvalue weighted by Gasteiger charge is -2.28. The molecule has 2 unspecified atom stereocenters. The number of hydrogen-bond donors (Lipinski definition) is 1. The molecule has 3 heteroatoms. The molecule has 1 N–H and O–H groups in total. The number of rotatable bonds is 6. The van der Waals surface area contributed by atoms with Gasteiger partial charge in [0.05, 0.1) is 0 Å². The van der Waals surface area contributed by atoms with E-state index in [-0.39, 0.29) is 5.82 Å². The van der Waals surface area contributed by atoms with Crippen molar-refractivity contribution in [2.75, 3.05) is 20.1 Å². The Bertz CT molecular complexity index is 390. The van der Waals surface area contributed by atoms with Crippen LogP contribution in [0.5, 0.6) is 0 Å². The van der Waals surface area contributed by atoms with Crippen LogP contribution in [0.4, 0.5) is 4.39 Å². The highest BCUT2D eigenvalue weighted by atomic mass is 19.1. The molecular weight excluding hydrogens is 251 g/mol. The largest absolute Gasteiger partial charge is 0.313 e. The first-order chi connectivity index (χ1) is 9.63. The fourth-order valence-corrected chi connectivity index (χ4v) is 3.06. The first-order valence-electron chi connectivity index (χ1n) is 7.80. The maximum absolute atomic E-state index is 12.8. The predicted molar refractivity (Wildman–Crippen MR) is 82.2 cm³/mol. The molecule has 1 aliphatic rings. The molecule has 0 amide bonds. The summed E-state index contributed by atoms with van der Waals surface area (Å²) in [7, 11) is 2.12. The van der Waals surface area contributed by atoms with Crippen LogP contribution in [0.1, 0.15) is 38.2 Å². The fraction of sp³-hybridized carbons (Fsp3) is 0.647. The van der Waals surface area contributed by atoms with Gasteiger partial charge in [-0.05, 0) is 43.5 Å². The molecule has 0 bridgehead atoms. The van der Waals surface area contributed by atoms with Gasteiger partial charge in [-0.25, -0.2) is 4.39 Å². The summed E-state index contributed by atoms with van der Waals surface area (Å²) >= 11 is 0. The lowest BCUT2D eigenvalue weighted by Crippen LogP contribution is -2.38. The number of halogens is 1. The zero-order chi connectivity index (χ0) is 14.4. The molecule has 1 aromatic carbocycles. The van der Waals surface area contributed by atoms with Crippen molar-refractivity contribution in [3.63, 3.8) is 0 Å². The van der Waals surface area contributed by atoms with E-state index in [4.69, 9.17) is 0 Å². The highest BCUT2D eigenvalue weighted by molar-refractivity contribution is 5.15. The number of likely N-dealkylation sites (N-methyl/N-ethyl adjacent to an activating group) is 1. The van der Waals surface area contributed by atoms with Crippen LogP contribution in [-0.4, -0.2) is 31.1 Å². The van der Waals surface area contributed by atoms with Gasteiger partial charge in [0.15, 0.2) is 0 Å². The summed E-state index contributed by atoms with van der Waals surface area (Å²) in [4.78, 5) is 2.28. The molecule has 2 nitrogen and oxygen atoms in total. The minimum Gasteiger partial charge on any atom is -0.313 e. The molecule has 1 saturated carbocycles. The van der Waals surface area contributed by atoms with Gasteiger partial charge in [0, 0.05) is 25.7 Å². The van der Waals surface area contributed by atoms with Gasteiger partial charge in [0.2, 0.25) is 0 Å². The van der Waals surface area contributed by atoms with Crippen LogP contribution in [-0.2, 0) is 6.54 Å². The summed E-state index contributed by atoms with van der Waals surface area (Å²) in [6.07, 6.45) is 5.40. The zero-order valence-electron chi connectivity index (χ0n) is 12.7. The van der Waals surface area contributed by atoms with Crippen molar-refractivity contribution in [2.45, 2.75) is 45.2 Å². The summed E-state index contributed by atoms with van der Waals surface area (Å²) in [5.74, 6) is 0.711. The van der Waals surface area contributed by atoms with Gasteiger partial charge in [-0.1, -0.05) is 31.9 Å². The molecule has 1 aliphatic carbocycles. The topological polar surface area (TPSA) is 15.3 Å². The summed E-state index contributed by atoms with van der Waals surface area (Å²) in [5.41, 5.74) is 1.17. The van der Waals surface area contributed by atoms with Gasteiger partial charge in [-0.3, -0.25) is 0 Å². The molecule has 20 heavy (non-hydrogen) atoms. The summed E-state index contributed by atoms with van der Waals surface area (Å²) in [5, 5.41) is 3.68. The van der Waals surface area contributed by atoms with Crippen molar-refractivity contribution in [3.05, 3.63) is 35.6 Å². The number of nitrogens with zero attached hydrogens (tertiary/aromatic N) is 1. The van der Waals surface area contributed by atoms with E-state index in [9.17, 15) is 4.39 Å². The van der Waals surface area contributed by atoms with Crippen molar-refractivity contribution in [2.24, 2.45) is 5.92 Å². The Morgan fingerprint density at radius 1 is 1.25 bits per heavy atom. The van der Waals surface area contributed by atoms with E-state index in [1.165, 1.54) is 43.4 Å². The highest BCUT2D eigenvalue weighted by Gasteiger charge is 2.17. The average molecular weight is 278 g/mol. The molecule has 1 aromatic rings. The van der Waals surface area contributed by atoms with Crippen LogP contribution >= 0.6 is 0 Å². The number of hydrogen-bond acceptors (Lipinski definition) is 2. The van der Waals surface area contributed by atoms with Crippen molar-refractivity contribution >= 4 is 0 Å². The number of benzene rings is 1. The van der Waals surface area contributed by atoms with Crippen LogP contribution in [0.15, 0.2) is 24.3 Å². The SMILES string of the molecule is CC1CCCC(NCCN(C)Cc2ccc(F)cc2)C1. The normalized spacial score (nSPS) is 23.2. The molecule has 0 aliphatic heterocycles. The fourth-order valence-electron chi connectivity index (χ4n) is 3.06. The molecule has 0 heterocycles. The smallest absolute Gasteiger partial charge is 0.123 e. The second-order valence-electron chi connectivity index (χ2n) is 6.29. The van der Waals surface area contributed by atoms with Crippen molar-refractivity contribution < 1.29 is 4.39 Å². The quantitative estimate of drug-likeness (QED) is 0.857. The Kier molecular flexibility index (Phi) is 5.99. The van der Waals surface area contributed by atoms with Crippen LogP contribution in [0.25, 0.3) is 0 Å². The molecule has 2 atom stereocenters. The van der Waals surface area contributed by atoms with Gasteiger partial charge in [-0.15, -0.1) is 0 Å². The first-order valence-corrected chi connectivity index (χ1v) is 7.80. The van der Waals surface area contributed by atoms with E-state index in [2.05, 4.69) is 24.2 Å². The third-order valence-corrected chi connectivity index (χ3v) is 4.23. The highest BCUT2D eigenvalue weighted by Crippen LogP contribution is 2.23. The predicted octanol–water partition coefficient (Wildman–Crippen LogP) is 3.43. The van der Waals surface area contributed by atoms with Gasteiger partial charge in [0.1, 0.15) is 5.82 Å². The molecule has 2 rings (SSSR count). The lowest BCUT2D eigenvalue weighted by atomic mass is 9.87. The molecule has 0 saturated heterocycles. The van der Waals surface area contributed by atoms with Crippen LogP contribution < -0.4 is 5.32 Å². The van der Waals surface area contributed by atoms with Gasteiger partial charge in [-0.2, -0.15) is 0 Å². The van der Waals surface area contributed by atoms with Gasteiger partial charge < -0.3 is 10.2 Å². The molecule has 0 spiro atoms. The Labute approximate surface area is 122 Å². The van der Waals surface area contributed by atoms with Crippen molar-refractivity contribution in [1.82, 2.24) is 10.2 Å². The minimum atomic E-state index is -0.163. The average Bonchev–Trinajstić information content (AvgIpc) is 2.41. The Hall–Kier alpha value is -0.930. The third-order valence-electron chi connectivity index (χ3n) is 4.23. The first kappa shape index (κ1) is 15.5. The summed E-state index contributed by atoms with van der Waals surface area (Å²) in [6, 6.07) is 7.50. The van der Waals surface area contributed by atoms with Crippen LogP contribution in [0, 0.1) is 11.7 Å². The lowest BCUT2D eigenvalue weighted by molar-refractivity contribution is 0.274. The van der Waals surface area contributed by atoms with Crippen molar-refractivity contribution in [3.8, 4) is 0 Å². The second-order valence-corrected chi connectivity index (χ2v) is 6.29. The van der Waals surface area contributed by atoms with Crippen LogP contribution in [0.3, 0.4) is 0 Å². The monoisotopic (exact) mass is 278 g/mol. The maximum Gasteiger partial charge on any atom is 0.123 e. The Balaban J connectivity index is 1.64. The van der Waals surface area contributed by atoms with E-state index < -0.39 is 0 Å². The molecule has 0 radical (unpaired) electrons. The molecule has 112 valence electrons. The van der Waals surface area contributed by atoms with Gasteiger partial charge in [0.25, 0.3) is 0 Å². The Morgan fingerprint density at radius 3 is 2.70 bits per heavy atom. The molecule has 1 fully saturated rings. The van der Waals surface area contributed by atoms with E-state index in [0.29, 0.717) is 6.04 Å². The van der Waals surface area contributed by atoms with Crippen molar-refractivity contribution in [1.29, 1.82) is 0 Å². The summed E-state index contributed by atoms with van der Waals surface area (Å²) < 4.78 is 12.8. The van der Waals surface area contributed by atoms with E-state index >= 15 is 0 Å². The van der Waals surface area contributed by atoms with Crippen LogP contribution in [0.2, 0.25) is 0 Å². The zero-order valence-corrected chi connectivity index (χ0v) is 12.7. The maximum atomic E-state index is 12.8. The molecule has 0 aromatic heterocycles. The third kappa shape index (κ3) is 5.22. The minimum absolute atomic E-state index is 0.163. The standard InChI is InChI=1S/C17H27FN2/c1-14-4-3-5-17(12-14)19-10-11-20(2)13-15-6-8-16(18)9-7-15/h6-9,14,17,19H,3-5,10-13H2,1-2H3. The summed E-state index contributed by atoms with van der Waals surface area (Å²) in [6.45, 7) is 5.30. The van der Waals surface area contributed by atoms with Gasteiger partial charge >= 0.3 is 0 Å². The molecular formula is C17H27FN2. The Morgan fingerprint density at radius 2 is 2.00 bits per heavy atom. The number of nitrogens with one attached hydrogen (secondary N) is 1. The van der Waals surface area contributed by atoms with E-state index in [0.717, 1.165) is 25.6 Å².